The average molecular weight is 4150 g/mol. The normalized spacial score (nSPS) is 25.4. The van der Waals surface area contributed by atoms with Crippen LogP contribution >= 0.6 is 363 Å². The zero-order valence-electron chi connectivity index (χ0n) is 53.7. The standard InChI is InChI=1S/C32H34BClN2.C32H37ClN2.I13.I12/c1-29(2)20-11-9-13-22-27(20)35(30(29,3)4)24-17-19(34)18-25-26(24)33(22)23-14-10-12-21-28(23)36(25)32(6)16-8-7-15-31(21,32)5;1-29(2)25-13-7-9-15-27(25)34(30(29,3)4)23-19-22(33)20-24(21-23)35-28-16-10-8-14-26(28)31(5)17-11-12-18-32(31,35)6;1-8-10(4)12(6)13(7)11(5)9(2)3;1-8(2)10(5)12(7)11(6)9(3)4/h9-14,17-18H,7-8,15-16H2,1-6H3;7-10,13-16,19-21H,11-12,17-18H2,1-6H3;;/q;;-1;. The molecule has 2 fully saturated rings. The van der Waals surface area contributed by atoms with E-state index in [2.05, 4.69) is 479 Å². The Morgan fingerprint density at radius 1 is 0.385 bits per heavy atom. The summed E-state index contributed by atoms with van der Waals surface area (Å²) in [5.74, 6) is 0. The second-order valence-corrected chi connectivity index (χ2v) is 532. The van der Waals surface area contributed by atoms with Gasteiger partial charge in [0, 0.05) is 88.3 Å². The molecule has 0 spiro atoms. The molecule has 6 aliphatic heterocycles. The molecule has 0 amide bonds. The molecule has 14 rings (SSSR count). The van der Waals surface area contributed by atoms with Crippen molar-refractivity contribution in [1.29, 1.82) is 0 Å². The zero-order valence-corrected chi connectivity index (χ0v) is 109. The topological polar surface area (TPSA) is 13.0 Å². The maximum absolute atomic E-state index is 7.03. The van der Waals surface area contributed by atoms with Crippen LogP contribution in [0.25, 0.3) is 0 Å². The van der Waals surface area contributed by atoms with Crippen molar-refractivity contribution in [3.05, 3.63) is 148 Å². The van der Waals surface area contributed by atoms with Gasteiger partial charge in [-0.25, -0.2) is 0 Å². The van der Waals surface area contributed by atoms with Crippen molar-refractivity contribution >= 4 is 431 Å². The second-order valence-electron chi connectivity index (χ2n) is 27.5. The van der Waals surface area contributed by atoms with Gasteiger partial charge in [0.05, 0.1) is 11.1 Å². The van der Waals surface area contributed by atoms with Gasteiger partial charge >= 0.3 is 353 Å². The van der Waals surface area contributed by atoms with Crippen LogP contribution in [0.4, 0.5) is 45.5 Å². The van der Waals surface area contributed by atoms with Gasteiger partial charge in [-0.15, -0.1) is 0 Å². The van der Waals surface area contributed by atoms with Crippen LogP contribution in [-0.4, -0.2) is 28.9 Å². The number of anilines is 8. The van der Waals surface area contributed by atoms with Crippen molar-refractivity contribution < 1.29 is 13.3 Å². The van der Waals surface area contributed by atoms with Crippen LogP contribution in [0.5, 0.6) is 0 Å². The van der Waals surface area contributed by atoms with E-state index in [-0.39, 0.29) is 129 Å². The van der Waals surface area contributed by atoms with E-state index >= 15 is 0 Å². The first kappa shape index (κ1) is 90.2. The quantitative estimate of drug-likeness (QED) is 0.0947. The number of fused-ring (bicyclic) bond motifs is 11. The fourth-order valence-electron chi connectivity index (χ4n) is 16.7. The molecule has 32 heteroatoms. The Balaban J connectivity index is 0.000000146. The molecule has 540 valence electrons. The molecule has 6 aromatic rings. The van der Waals surface area contributed by atoms with E-state index in [9.17, 15) is 0 Å². The fraction of sp³-hybridized carbons (Fsp3) is 0.438. The molecule has 0 N–H and O–H groups in total. The number of para-hydroxylation sites is 4. The predicted molar refractivity (Wildman–Crippen MR) is 641 cm³/mol. The number of nitrogens with zero attached hydrogens (tertiary/aromatic N) is 4. The van der Waals surface area contributed by atoms with Crippen molar-refractivity contribution in [3.63, 3.8) is 0 Å². The van der Waals surface area contributed by atoms with Crippen LogP contribution in [0.3, 0.4) is 0 Å². The summed E-state index contributed by atoms with van der Waals surface area (Å²) in [4.78, 5) is 10.5. The van der Waals surface area contributed by atoms with E-state index in [0.29, 0.717) is 13.3 Å². The predicted octanol–water partition coefficient (Wildman–Crippen LogP) is 34.0. The van der Waals surface area contributed by atoms with E-state index < -0.39 is 0 Å². The van der Waals surface area contributed by atoms with Crippen molar-refractivity contribution in [1.82, 2.24) is 0 Å². The van der Waals surface area contributed by atoms with Crippen molar-refractivity contribution in [3.8, 4) is 0 Å². The van der Waals surface area contributed by atoms with Gasteiger partial charge in [0.2, 0.25) is 0 Å². The molecule has 0 aromatic heterocycles. The molecule has 0 radical (unpaired) electrons. The van der Waals surface area contributed by atoms with Gasteiger partial charge in [-0.1, -0.05) is 163 Å². The second kappa shape index (κ2) is 36.4. The van der Waals surface area contributed by atoms with Crippen LogP contribution in [0, 0.1) is 0 Å². The van der Waals surface area contributed by atoms with Crippen LogP contribution in [0.2, 0.25) is 10.0 Å². The molecule has 0 bridgehead atoms. The number of hydrogen-bond donors (Lipinski definition) is 0. The van der Waals surface area contributed by atoms with Crippen LogP contribution in [0.15, 0.2) is 115 Å². The van der Waals surface area contributed by atoms with E-state index in [1.165, 1.54) is 130 Å². The van der Waals surface area contributed by atoms with Gasteiger partial charge in [-0.3, -0.25) is 0 Å². The summed E-state index contributed by atoms with van der Waals surface area (Å²) in [5, 5.41) is 1.64. The summed E-state index contributed by atoms with van der Waals surface area (Å²) < 4.78 is 0. The Hall–Kier alpha value is 13.4. The minimum atomic E-state index is -0.380. The summed E-state index contributed by atoms with van der Waals surface area (Å²) in [6.07, 6.45) is 10.0. The zero-order chi connectivity index (χ0) is 70.3. The Morgan fingerprint density at radius 3 is 1.29 bits per heavy atom. The Kier molecular flexibility index (Phi) is 34.2. The van der Waals surface area contributed by atoms with Crippen molar-refractivity contribution in [2.24, 2.45) is 0 Å². The molecule has 2 aliphatic carbocycles. The first-order chi connectivity index (χ1) is 44.8. The molecule has 96 heavy (non-hydrogen) atoms. The number of rotatable bonds is 11. The number of halogens is 27. The summed E-state index contributed by atoms with van der Waals surface area (Å²) >= 11 is 55.0. The van der Waals surface area contributed by atoms with E-state index in [0.717, 1.165) is 10.0 Å². The minimum absolute atomic E-state index is 0.000238. The van der Waals surface area contributed by atoms with Crippen LogP contribution < -0.4 is 49.2 Å². The van der Waals surface area contributed by atoms with Crippen LogP contribution in [0.1, 0.15) is 157 Å². The third kappa shape index (κ3) is 16.5. The van der Waals surface area contributed by atoms with Crippen molar-refractivity contribution in [2.75, 3.05) is 19.6 Å². The molecule has 6 aromatic carbocycles. The van der Waals surface area contributed by atoms with Gasteiger partial charge in [0.15, 0.2) is 0 Å². The Labute approximate surface area is 766 Å². The Bertz CT molecular complexity index is 3920. The molecule has 8 aliphatic rings. The molecule has 4 atom stereocenters. The van der Waals surface area contributed by atoms with Gasteiger partial charge in [0.1, 0.15) is 0 Å². The van der Waals surface area contributed by atoms with Gasteiger partial charge in [-0.05, 0) is 148 Å². The SMILES string of the molecule is CC1(C)c2cccc3c2N(c2cc(Cl)cc4c2B3c2cccc3c2N4C2(C)CCCCC32C)C1(C)C.CC1(C)c2ccccc2N(c2cc(Cl)cc(N3c4ccccc4C4(C)CCCCC34C)c2)C1(C)C.II(I)I(I)I(I)I(I)I(I)I.I[I-]I(I)I(I)I(I)I(I)I(I)I. The molecule has 4 unspecified atom stereocenters. The third-order valence-corrected chi connectivity index (χ3v) is 1430. The maximum atomic E-state index is 7.03. The fourth-order valence-corrected chi connectivity index (χ4v) is 2740. The third-order valence-electron chi connectivity index (χ3n) is 22.7. The van der Waals surface area contributed by atoms with E-state index in [1.807, 2.05) is 0 Å². The molecule has 2 saturated carbocycles. The summed E-state index contributed by atoms with van der Waals surface area (Å²) in [5.41, 5.74) is 21.0. The molecule has 4 nitrogen and oxygen atoms in total. The molecular weight excluding hydrogens is 4080 g/mol. The Morgan fingerprint density at radius 2 is 0.771 bits per heavy atom. The molecular formula is C64H71BCl2I25N4-. The first-order valence-corrected chi connectivity index (χ1v) is 175. The molecule has 6 heterocycles. The molecule has 0 saturated heterocycles. The average Bonchev–Trinajstić information content (AvgIpc) is 1.48. The summed E-state index contributed by atoms with van der Waals surface area (Å²) in [6, 6.07) is 43.4. The van der Waals surface area contributed by atoms with E-state index in [4.69, 9.17) is 23.2 Å². The number of benzene rings is 6. The van der Waals surface area contributed by atoms with Gasteiger partial charge < -0.3 is 19.6 Å². The van der Waals surface area contributed by atoms with Gasteiger partial charge in [-0.2, -0.15) is 0 Å². The van der Waals surface area contributed by atoms with E-state index in [1.54, 1.807) is 5.56 Å². The number of hydrogen-bond acceptors (Lipinski definition) is 4. The van der Waals surface area contributed by atoms with Crippen LogP contribution in [-0.2, 0) is 21.7 Å². The summed E-state index contributed by atoms with van der Waals surface area (Å²) in [7, 11) is -3.28. The monoisotopic (exact) mass is 4150 g/mol. The summed E-state index contributed by atoms with van der Waals surface area (Å²) in [6.45, 7) is 29.4. The van der Waals surface area contributed by atoms with Gasteiger partial charge in [0.25, 0.3) is 6.71 Å². The first-order valence-electron chi connectivity index (χ1n) is 30.2. The van der Waals surface area contributed by atoms with Crippen molar-refractivity contribution in [2.45, 2.75) is 178 Å².